The van der Waals surface area contributed by atoms with Gasteiger partial charge in [0.15, 0.2) is 5.82 Å². The summed E-state index contributed by atoms with van der Waals surface area (Å²) in [5, 5.41) is 14.9. The monoisotopic (exact) mass is 311 g/mol. The van der Waals surface area contributed by atoms with Crippen LogP contribution < -0.4 is 0 Å². The number of thioether (sulfide) groups is 1. The molecule has 1 aliphatic heterocycles. The lowest BCUT2D eigenvalue weighted by Crippen LogP contribution is -2.56. The summed E-state index contributed by atoms with van der Waals surface area (Å²) in [6, 6.07) is 0. The molecule has 0 aromatic carbocycles. The van der Waals surface area contributed by atoms with Crippen LogP contribution >= 0.6 is 11.8 Å². The summed E-state index contributed by atoms with van der Waals surface area (Å²) in [6.07, 6.45) is 6.57. The minimum atomic E-state index is -0.451. The molecule has 3 rings (SSSR count). The smallest absolute Gasteiger partial charge is 0.240 e. The van der Waals surface area contributed by atoms with Gasteiger partial charge in [0, 0.05) is 13.1 Å². The normalized spacial score (nSPS) is 31.3. The molecule has 1 aromatic rings. The van der Waals surface area contributed by atoms with E-state index in [0.29, 0.717) is 24.3 Å². The van der Waals surface area contributed by atoms with Gasteiger partial charge in [-0.25, -0.2) is 0 Å². The van der Waals surface area contributed by atoms with Crippen LogP contribution in [0.2, 0.25) is 0 Å². The SMILES string of the molecule is CSCc1noc(CN2CC[C@@](O)(C3CCC3)[C@H](C)C2)n1. The molecule has 0 bridgehead atoms. The van der Waals surface area contributed by atoms with Crippen LogP contribution in [0.3, 0.4) is 0 Å². The van der Waals surface area contributed by atoms with Crippen molar-refractivity contribution in [3.63, 3.8) is 0 Å². The Kier molecular flexibility index (Phi) is 4.57. The van der Waals surface area contributed by atoms with E-state index in [1.807, 2.05) is 6.26 Å². The molecule has 1 saturated carbocycles. The molecule has 6 heteroatoms. The van der Waals surface area contributed by atoms with E-state index in [1.54, 1.807) is 11.8 Å². The zero-order chi connectivity index (χ0) is 14.9. The number of hydrogen-bond acceptors (Lipinski definition) is 6. The zero-order valence-electron chi connectivity index (χ0n) is 12.9. The summed E-state index contributed by atoms with van der Waals surface area (Å²) in [5.41, 5.74) is -0.451. The fourth-order valence-electron chi connectivity index (χ4n) is 3.61. The molecule has 2 heterocycles. The van der Waals surface area contributed by atoms with Crippen LogP contribution in [0.1, 0.15) is 44.3 Å². The Morgan fingerprint density at radius 3 is 2.90 bits per heavy atom. The number of rotatable bonds is 5. The van der Waals surface area contributed by atoms with Crippen molar-refractivity contribution < 1.29 is 9.63 Å². The number of piperidine rings is 1. The van der Waals surface area contributed by atoms with Crippen LogP contribution in [-0.2, 0) is 12.3 Å². The standard InChI is InChI=1S/C15H25N3O2S/c1-11-8-18(7-6-15(11,19)12-4-3-5-12)9-14-16-13(10-21-2)17-20-14/h11-12,19H,3-10H2,1-2H3/t11-,15+/m1/s1. The first kappa shape index (κ1) is 15.3. The van der Waals surface area contributed by atoms with Crippen molar-refractivity contribution in [2.24, 2.45) is 11.8 Å². The van der Waals surface area contributed by atoms with Gasteiger partial charge in [-0.2, -0.15) is 16.7 Å². The predicted molar refractivity (Wildman–Crippen MR) is 82.9 cm³/mol. The van der Waals surface area contributed by atoms with Gasteiger partial charge < -0.3 is 9.63 Å². The van der Waals surface area contributed by atoms with E-state index >= 15 is 0 Å². The second kappa shape index (κ2) is 6.26. The Morgan fingerprint density at radius 1 is 1.48 bits per heavy atom. The molecule has 0 radical (unpaired) electrons. The summed E-state index contributed by atoms with van der Waals surface area (Å²) >= 11 is 1.69. The highest BCUT2D eigenvalue weighted by atomic mass is 32.2. The maximum Gasteiger partial charge on any atom is 0.240 e. The second-order valence-electron chi connectivity index (χ2n) is 6.54. The Labute approximate surface area is 130 Å². The Bertz CT molecular complexity index is 477. The van der Waals surface area contributed by atoms with Crippen molar-refractivity contribution in [3.05, 3.63) is 11.7 Å². The minimum absolute atomic E-state index is 0.310. The van der Waals surface area contributed by atoms with Crippen molar-refractivity contribution >= 4 is 11.8 Å². The van der Waals surface area contributed by atoms with E-state index in [2.05, 4.69) is 22.0 Å². The summed E-state index contributed by atoms with van der Waals surface area (Å²) in [7, 11) is 0. The number of aromatic nitrogens is 2. The second-order valence-corrected chi connectivity index (χ2v) is 7.41. The third-order valence-electron chi connectivity index (χ3n) is 5.17. The van der Waals surface area contributed by atoms with Crippen molar-refractivity contribution in [3.8, 4) is 0 Å². The van der Waals surface area contributed by atoms with E-state index in [9.17, 15) is 5.11 Å². The molecule has 2 fully saturated rings. The van der Waals surface area contributed by atoms with Crippen LogP contribution in [-0.4, -0.2) is 45.1 Å². The highest BCUT2D eigenvalue weighted by Crippen LogP contribution is 2.44. The van der Waals surface area contributed by atoms with E-state index in [-0.39, 0.29) is 0 Å². The van der Waals surface area contributed by atoms with Gasteiger partial charge in [0.2, 0.25) is 5.89 Å². The average molecular weight is 311 g/mol. The van der Waals surface area contributed by atoms with E-state index in [4.69, 9.17) is 4.52 Å². The lowest BCUT2D eigenvalue weighted by molar-refractivity contribution is -0.129. The summed E-state index contributed by atoms with van der Waals surface area (Å²) in [6.45, 7) is 4.70. The molecule has 21 heavy (non-hydrogen) atoms. The summed E-state index contributed by atoms with van der Waals surface area (Å²) in [5.74, 6) is 3.09. The average Bonchev–Trinajstić information content (AvgIpc) is 2.80. The molecule has 0 amide bonds. The largest absolute Gasteiger partial charge is 0.389 e. The van der Waals surface area contributed by atoms with Crippen LogP contribution in [0, 0.1) is 11.8 Å². The topological polar surface area (TPSA) is 62.4 Å². The van der Waals surface area contributed by atoms with Crippen molar-refractivity contribution in [2.45, 2.75) is 50.5 Å². The van der Waals surface area contributed by atoms with Gasteiger partial charge in [-0.1, -0.05) is 18.5 Å². The molecule has 2 atom stereocenters. The van der Waals surface area contributed by atoms with Gasteiger partial charge in [0.05, 0.1) is 17.9 Å². The van der Waals surface area contributed by atoms with Gasteiger partial charge >= 0.3 is 0 Å². The lowest BCUT2D eigenvalue weighted by Gasteiger charge is -2.50. The number of hydrogen-bond donors (Lipinski definition) is 1. The first-order valence-electron chi connectivity index (χ1n) is 7.87. The maximum atomic E-state index is 10.9. The van der Waals surface area contributed by atoms with Gasteiger partial charge in [-0.3, -0.25) is 4.90 Å². The van der Waals surface area contributed by atoms with Crippen molar-refractivity contribution in [2.75, 3.05) is 19.3 Å². The molecule has 2 aliphatic rings. The van der Waals surface area contributed by atoms with Gasteiger partial charge in [0.1, 0.15) is 0 Å². The first-order chi connectivity index (χ1) is 10.1. The zero-order valence-corrected chi connectivity index (χ0v) is 13.7. The van der Waals surface area contributed by atoms with Gasteiger partial charge in [-0.15, -0.1) is 0 Å². The third-order valence-corrected chi connectivity index (χ3v) is 5.72. The molecular formula is C15H25N3O2S. The fraction of sp³-hybridized carbons (Fsp3) is 0.867. The molecule has 118 valence electrons. The molecule has 5 nitrogen and oxygen atoms in total. The predicted octanol–water partition coefficient (Wildman–Crippen LogP) is 2.31. The van der Waals surface area contributed by atoms with Gasteiger partial charge in [0.25, 0.3) is 0 Å². The molecule has 1 aromatic heterocycles. The number of nitrogens with zero attached hydrogens (tertiary/aromatic N) is 3. The van der Waals surface area contributed by atoms with E-state index in [1.165, 1.54) is 19.3 Å². The van der Waals surface area contributed by atoms with Crippen LogP contribution in [0.15, 0.2) is 4.52 Å². The molecule has 0 spiro atoms. The van der Waals surface area contributed by atoms with Crippen LogP contribution in [0.5, 0.6) is 0 Å². The third kappa shape index (κ3) is 3.12. The molecule has 0 unspecified atom stereocenters. The molecular weight excluding hydrogens is 286 g/mol. The molecule has 1 saturated heterocycles. The van der Waals surface area contributed by atoms with Gasteiger partial charge in [-0.05, 0) is 37.4 Å². The van der Waals surface area contributed by atoms with E-state index < -0.39 is 5.60 Å². The Hall–Kier alpha value is -0.590. The molecule has 1 N–H and O–H groups in total. The number of likely N-dealkylation sites (tertiary alicyclic amines) is 1. The first-order valence-corrected chi connectivity index (χ1v) is 9.26. The van der Waals surface area contributed by atoms with Crippen LogP contribution in [0.25, 0.3) is 0 Å². The summed E-state index contributed by atoms with van der Waals surface area (Å²) < 4.78 is 5.31. The van der Waals surface area contributed by atoms with Crippen molar-refractivity contribution in [1.82, 2.24) is 15.0 Å². The van der Waals surface area contributed by atoms with Crippen molar-refractivity contribution in [1.29, 1.82) is 0 Å². The highest BCUT2D eigenvalue weighted by molar-refractivity contribution is 7.97. The molecule has 1 aliphatic carbocycles. The highest BCUT2D eigenvalue weighted by Gasteiger charge is 2.46. The fourth-order valence-corrected chi connectivity index (χ4v) is 3.99. The minimum Gasteiger partial charge on any atom is -0.389 e. The maximum absolute atomic E-state index is 10.9. The summed E-state index contributed by atoms with van der Waals surface area (Å²) in [4.78, 5) is 6.74. The Balaban J connectivity index is 1.56. The quantitative estimate of drug-likeness (QED) is 0.900. The Morgan fingerprint density at radius 2 is 2.29 bits per heavy atom. The van der Waals surface area contributed by atoms with Crippen LogP contribution in [0.4, 0.5) is 0 Å². The lowest BCUT2D eigenvalue weighted by atomic mass is 9.65. The number of aliphatic hydroxyl groups is 1. The van der Waals surface area contributed by atoms with E-state index in [0.717, 1.165) is 31.1 Å².